The second-order valence-corrected chi connectivity index (χ2v) is 3.62. The number of hydrogen-bond donors (Lipinski definition) is 1. The van der Waals surface area contributed by atoms with Gasteiger partial charge in [0.05, 0.1) is 6.04 Å². The molecule has 2 N–H and O–H groups in total. The molecule has 0 fully saturated rings. The molecule has 0 aromatic carbocycles. The molecule has 1 aromatic rings. The molecular formula is C10H16ClNO. The predicted octanol–water partition coefficient (Wildman–Crippen LogP) is 3.51. The molecular weight excluding hydrogens is 186 g/mol. The van der Waals surface area contributed by atoms with Gasteiger partial charge in [-0.1, -0.05) is 26.2 Å². The van der Waals surface area contributed by atoms with Gasteiger partial charge >= 0.3 is 0 Å². The molecule has 1 atom stereocenters. The van der Waals surface area contributed by atoms with Crippen LogP contribution in [-0.2, 0) is 0 Å². The quantitative estimate of drug-likeness (QED) is 0.741. The van der Waals surface area contributed by atoms with Crippen molar-refractivity contribution < 1.29 is 4.42 Å². The lowest BCUT2D eigenvalue weighted by Gasteiger charge is -2.07. The Labute approximate surface area is 84.1 Å². The lowest BCUT2D eigenvalue weighted by Crippen LogP contribution is -2.08. The van der Waals surface area contributed by atoms with E-state index in [1.54, 1.807) is 6.07 Å². The third-order valence-corrected chi connectivity index (χ3v) is 2.28. The van der Waals surface area contributed by atoms with E-state index in [2.05, 4.69) is 6.92 Å². The maximum Gasteiger partial charge on any atom is 0.193 e. The van der Waals surface area contributed by atoms with Crippen molar-refractivity contribution in [3.8, 4) is 0 Å². The summed E-state index contributed by atoms with van der Waals surface area (Å²) in [5.74, 6) is 0.793. The molecule has 0 aliphatic rings. The number of unbranched alkanes of at least 4 members (excludes halogenated alkanes) is 2. The van der Waals surface area contributed by atoms with E-state index < -0.39 is 0 Å². The number of hydrogen-bond acceptors (Lipinski definition) is 2. The van der Waals surface area contributed by atoms with Crippen molar-refractivity contribution in [3.05, 3.63) is 23.1 Å². The van der Waals surface area contributed by atoms with E-state index in [0.29, 0.717) is 5.22 Å². The van der Waals surface area contributed by atoms with Gasteiger partial charge in [-0.05, 0) is 30.2 Å². The average Bonchev–Trinajstić information content (AvgIpc) is 2.52. The molecule has 0 saturated carbocycles. The molecule has 1 heterocycles. The largest absolute Gasteiger partial charge is 0.448 e. The Hall–Kier alpha value is -0.470. The van der Waals surface area contributed by atoms with Gasteiger partial charge in [-0.15, -0.1) is 0 Å². The van der Waals surface area contributed by atoms with Crippen LogP contribution in [0.5, 0.6) is 0 Å². The van der Waals surface area contributed by atoms with Crippen LogP contribution in [0.1, 0.15) is 44.4 Å². The SMILES string of the molecule is CCCCCC(N)c1ccc(Cl)o1. The second kappa shape index (κ2) is 5.30. The summed E-state index contributed by atoms with van der Waals surface area (Å²) >= 11 is 5.64. The summed E-state index contributed by atoms with van der Waals surface area (Å²) in [6.07, 6.45) is 4.56. The van der Waals surface area contributed by atoms with Crippen LogP contribution >= 0.6 is 11.6 Å². The van der Waals surface area contributed by atoms with Crippen molar-refractivity contribution in [1.82, 2.24) is 0 Å². The van der Waals surface area contributed by atoms with Gasteiger partial charge in [0.2, 0.25) is 0 Å². The van der Waals surface area contributed by atoms with Crippen LogP contribution in [0.2, 0.25) is 5.22 Å². The molecule has 1 rings (SSSR count). The number of nitrogens with two attached hydrogens (primary N) is 1. The van der Waals surface area contributed by atoms with Gasteiger partial charge < -0.3 is 10.2 Å². The molecule has 74 valence electrons. The second-order valence-electron chi connectivity index (χ2n) is 3.24. The van der Waals surface area contributed by atoms with Crippen molar-refractivity contribution in [2.24, 2.45) is 5.73 Å². The molecule has 0 amide bonds. The summed E-state index contributed by atoms with van der Waals surface area (Å²) < 4.78 is 5.22. The minimum atomic E-state index is -0.000880. The van der Waals surface area contributed by atoms with Crippen molar-refractivity contribution >= 4 is 11.6 Å². The van der Waals surface area contributed by atoms with Crippen molar-refractivity contribution in [2.75, 3.05) is 0 Å². The highest BCUT2D eigenvalue weighted by Gasteiger charge is 2.09. The standard InChI is InChI=1S/C10H16ClNO/c1-2-3-4-5-8(12)9-6-7-10(11)13-9/h6-8H,2-5,12H2,1H3. The van der Waals surface area contributed by atoms with Gasteiger partial charge in [-0.25, -0.2) is 0 Å². The third-order valence-electron chi connectivity index (χ3n) is 2.08. The normalized spacial score (nSPS) is 13.2. The third kappa shape index (κ3) is 3.41. The molecule has 3 heteroatoms. The van der Waals surface area contributed by atoms with Crippen LogP contribution < -0.4 is 5.73 Å². The maximum absolute atomic E-state index is 5.90. The fourth-order valence-electron chi connectivity index (χ4n) is 1.28. The highest BCUT2D eigenvalue weighted by molar-refractivity contribution is 6.28. The Morgan fingerprint density at radius 3 is 2.77 bits per heavy atom. The van der Waals surface area contributed by atoms with E-state index in [1.807, 2.05) is 6.07 Å². The lowest BCUT2D eigenvalue weighted by atomic mass is 10.1. The van der Waals surface area contributed by atoms with Gasteiger partial charge in [0, 0.05) is 0 Å². The van der Waals surface area contributed by atoms with Crippen LogP contribution in [0, 0.1) is 0 Å². The first-order valence-electron chi connectivity index (χ1n) is 4.75. The summed E-state index contributed by atoms with van der Waals surface area (Å²) in [5, 5.41) is 0.418. The first-order chi connectivity index (χ1) is 6.24. The van der Waals surface area contributed by atoms with Gasteiger partial charge in [-0.2, -0.15) is 0 Å². The maximum atomic E-state index is 5.90. The Morgan fingerprint density at radius 2 is 2.23 bits per heavy atom. The number of rotatable bonds is 5. The Kier molecular flexibility index (Phi) is 4.33. The molecule has 13 heavy (non-hydrogen) atoms. The zero-order valence-corrected chi connectivity index (χ0v) is 8.68. The topological polar surface area (TPSA) is 39.2 Å². The van der Waals surface area contributed by atoms with E-state index in [-0.39, 0.29) is 6.04 Å². The minimum Gasteiger partial charge on any atom is -0.448 e. The monoisotopic (exact) mass is 201 g/mol. The first-order valence-corrected chi connectivity index (χ1v) is 5.12. The lowest BCUT2D eigenvalue weighted by molar-refractivity contribution is 0.443. The highest BCUT2D eigenvalue weighted by Crippen LogP contribution is 2.22. The molecule has 0 saturated heterocycles. The Bertz CT molecular complexity index is 247. The predicted molar refractivity (Wildman–Crippen MR) is 54.8 cm³/mol. The van der Waals surface area contributed by atoms with E-state index in [4.69, 9.17) is 21.8 Å². The average molecular weight is 202 g/mol. The fraction of sp³-hybridized carbons (Fsp3) is 0.600. The van der Waals surface area contributed by atoms with E-state index in [9.17, 15) is 0 Å². The Morgan fingerprint density at radius 1 is 1.46 bits per heavy atom. The molecule has 2 nitrogen and oxygen atoms in total. The fourth-order valence-corrected chi connectivity index (χ4v) is 1.44. The van der Waals surface area contributed by atoms with Gasteiger partial charge in [-0.3, -0.25) is 0 Å². The van der Waals surface area contributed by atoms with Crippen molar-refractivity contribution in [2.45, 2.75) is 38.6 Å². The van der Waals surface area contributed by atoms with E-state index in [1.165, 1.54) is 12.8 Å². The summed E-state index contributed by atoms with van der Waals surface area (Å²) in [6.45, 7) is 2.18. The summed E-state index contributed by atoms with van der Waals surface area (Å²) in [5.41, 5.74) is 5.90. The summed E-state index contributed by atoms with van der Waals surface area (Å²) in [4.78, 5) is 0. The molecule has 1 aromatic heterocycles. The molecule has 0 aliphatic carbocycles. The van der Waals surface area contributed by atoms with E-state index in [0.717, 1.165) is 18.6 Å². The number of furan rings is 1. The van der Waals surface area contributed by atoms with Crippen LogP contribution in [0.25, 0.3) is 0 Å². The summed E-state index contributed by atoms with van der Waals surface area (Å²) in [6, 6.07) is 3.58. The smallest absolute Gasteiger partial charge is 0.193 e. The van der Waals surface area contributed by atoms with Crippen LogP contribution in [0.3, 0.4) is 0 Å². The zero-order chi connectivity index (χ0) is 9.68. The number of halogens is 1. The summed E-state index contributed by atoms with van der Waals surface area (Å²) in [7, 11) is 0. The van der Waals surface area contributed by atoms with Crippen molar-refractivity contribution in [1.29, 1.82) is 0 Å². The highest BCUT2D eigenvalue weighted by atomic mass is 35.5. The van der Waals surface area contributed by atoms with E-state index >= 15 is 0 Å². The van der Waals surface area contributed by atoms with Crippen LogP contribution in [0.15, 0.2) is 16.5 Å². The van der Waals surface area contributed by atoms with Gasteiger partial charge in [0.1, 0.15) is 5.76 Å². The van der Waals surface area contributed by atoms with Gasteiger partial charge in [0.25, 0.3) is 0 Å². The van der Waals surface area contributed by atoms with Crippen LogP contribution in [-0.4, -0.2) is 0 Å². The minimum absolute atomic E-state index is 0.000880. The molecule has 0 radical (unpaired) electrons. The van der Waals surface area contributed by atoms with Gasteiger partial charge in [0.15, 0.2) is 5.22 Å². The molecule has 0 spiro atoms. The molecule has 0 bridgehead atoms. The first kappa shape index (κ1) is 10.6. The van der Waals surface area contributed by atoms with Crippen molar-refractivity contribution in [3.63, 3.8) is 0 Å². The molecule has 0 aliphatic heterocycles. The zero-order valence-electron chi connectivity index (χ0n) is 7.92. The molecule has 1 unspecified atom stereocenters. The Balaban J connectivity index is 2.35. The van der Waals surface area contributed by atoms with Crippen LogP contribution in [0.4, 0.5) is 0 Å².